The average molecular weight is 338 g/mol. The van der Waals surface area contributed by atoms with E-state index in [2.05, 4.69) is 4.72 Å². The van der Waals surface area contributed by atoms with Gasteiger partial charge >= 0.3 is 0 Å². The van der Waals surface area contributed by atoms with Gasteiger partial charge in [-0.3, -0.25) is 0 Å². The third kappa shape index (κ3) is 3.40. The van der Waals surface area contributed by atoms with Gasteiger partial charge < -0.3 is 5.73 Å². The molecular formula is C11H18N2O4S3. The van der Waals surface area contributed by atoms with Crippen molar-refractivity contribution < 1.29 is 16.8 Å². The molecule has 1 aliphatic heterocycles. The second-order valence-electron chi connectivity index (χ2n) is 4.95. The van der Waals surface area contributed by atoms with Crippen molar-refractivity contribution in [3.05, 3.63) is 15.8 Å². The molecule has 9 heteroatoms. The molecule has 0 saturated carbocycles. The molecule has 0 amide bonds. The second kappa shape index (κ2) is 5.72. The van der Waals surface area contributed by atoms with Gasteiger partial charge in [0.05, 0.1) is 11.5 Å². The summed E-state index contributed by atoms with van der Waals surface area (Å²) in [7, 11) is -6.87. The minimum Gasteiger partial charge on any atom is -0.326 e. The number of hydrogen-bond donors (Lipinski definition) is 2. The highest BCUT2D eigenvalue weighted by Crippen LogP contribution is 2.27. The van der Waals surface area contributed by atoms with Crippen LogP contribution in [0, 0.1) is 6.92 Å². The average Bonchev–Trinajstić information content (AvgIpc) is 2.69. The first-order valence-electron chi connectivity index (χ1n) is 6.25. The van der Waals surface area contributed by atoms with Crippen molar-refractivity contribution in [2.45, 2.75) is 37.2 Å². The number of aryl methyl sites for hydroxylation is 1. The van der Waals surface area contributed by atoms with Gasteiger partial charge in [0, 0.05) is 17.5 Å². The molecule has 1 fully saturated rings. The van der Waals surface area contributed by atoms with E-state index < -0.39 is 25.9 Å². The van der Waals surface area contributed by atoms with Crippen LogP contribution in [0.2, 0.25) is 0 Å². The van der Waals surface area contributed by atoms with E-state index in [1.165, 1.54) is 11.3 Å². The monoisotopic (exact) mass is 338 g/mol. The van der Waals surface area contributed by atoms with Gasteiger partial charge in [-0.05, 0) is 30.7 Å². The summed E-state index contributed by atoms with van der Waals surface area (Å²) in [6, 6.07) is -0.552. The maximum absolute atomic E-state index is 12.4. The first-order chi connectivity index (χ1) is 9.25. The zero-order valence-electron chi connectivity index (χ0n) is 11.1. The lowest BCUT2D eigenvalue weighted by atomic mass is 10.2. The maximum atomic E-state index is 12.4. The van der Waals surface area contributed by atoms with Crippen LogP contribution in [0.15, 0.2) is 10.3 Å². The topological polar surface area (TPSA) is 106 Å². The summed E-state index contributed by atoms with van der Waals surface area (Å²) in [5.74, 6) is 0.00410. The van der Waals surface area contributed by atoms with Crippen LogP contribution in [0.3, 0.4) is 0 Å². The van der Waals surface area contributed by atoms with E-state index >= 15 is 0 Å². The van der Waals surface area contributed by atoms with Crippen molar-refractivity contribution in [1.29, 1.82) is 0 Å². The van der Waals surface area contributed by atoms with Gasteiger partial charge in [0.1, 0.15) is 4.90 Å². The van der Waals surface area contributed by atoms with Gasteiger partial charge in [-0.1, -0.05) is 0 Å². The molecule has 0 spiro atoms. The third-order valence-electron chi connectivity index (χ3n) is 3.23. The second-order valence-corrected chi connectivity index (χ2v) is 9.79. The molecule has 2 rings (SSSR count). The molecule has 1 atom stereocenters. The predicted molar refractivity (Wildman–Crippen MR) is 78.9 cm³/mol. The van der Waals surface area contributed by atoms with Crippen molar-refractivity contribution in [2.75, 3.05) is 11.5 Å². The molecule has 0 aromatic carbocycles. The fourth-order valence-electron chi connectivity index (χ4n) is 2.38. The summed E-state index contributed by atoms with van der Waals surface area (Å²) in [6.07, 6.45) is 1.03. The number of nitrogens with one attached hydrogen (secondary N) is 1. The lowest BCUT2D eigenvalue weighted by Crippen LogP contribution is -2.43. The van der Waals surface area contributed by atoms with Gasteiger partial charge in [-0.2, -0.15) is 0 Å². The minimum absolute atomic E-state index is 0.132. The zero-order valence-corrected chi connectivity index (χ0v) is 13.6. The van der Waals surface area contributed by atoms with Crippen LogP contribution in [0.1, 0.15) is 23.3 Å². The smallest absolute Gasteiger partial charge is 0.242 e. The number of nitrogens with two attached hydrogens (primary N) is 1. The van der Waals surface area contributed by atoms with Crippen LogP contribution in [0.5, 0.6) is 0 Å². The summed E-state index contributed by atoms with van der Waals surface area (Å²) < 4.78 is 50.5. The molecule has 1 saturated heterocycles. The van der Waals surface area contributed by atoms with Gasteiger partial charge in [0.25, 0.3) is 0 Å². The molecule has 1 aliphatic rings. The summed E-state index contributed by atoms with van der Waals surface area (Å²) in [4.78, 5) is 0.793. The van der Waals surface area contributed by atoms with Gasteiger partial charge in [0.2, 0.25) is 10.0 Å². The Morgan fingerprint density at radius 2 is 2.20 bits per heavy atom. The van der Waals surface area contributed by atoms with E-state index in [1.54, 1.807) is 12.3 Å². The molecule has 2 heterocycles. The summed E-state index contributed by atoms with van der Waals surface area (Å²) >= 11 is 1.30. The van der Waals surface area contributed by atoms with Crippen LogP contribution in [0.4, 0.5) is 0 Å². The maximum Gasteiger partial charge on any atom is 0.242 e. The largest absolute Gasteiger partial charge is 0.326 e. The Kier molecular flexibility index (Phi) is 4.55. The van der Waals surface area contributed by atoms with Gasteiger partial charge in [0.15, 0.2) is 9.84 Å². The highest BCUT2D eigenvalue weighted by atomic mass is 32.2. The highest BCUT2D eigenvalue weighted by Gasteiger charge is 2.30. The fourth-order valence-corrected chi connectivity index (χ4v) is 7.10. The van der Waals surface area contributed by atoms with Crippen LogP contribution < -0.4 is 10.5 Å². The normalized spacial score (nSPS) is 22.8. The molecule has 6 nitrogen and oxygen atoms in total. The van der Waals surface area contributed by atoms with Crippen molar-refractivity contribution >= 4 is 31.2 Å². The summed E-state index contributed by atoms with van der Waals surface area (Å²) in [5, 5.41) is 1.74. The van der Waals surface area contributed by atoms with Crippen molar-refractivity contribution in [2.24, 2.45) is 5.73 Å². The first-order valence-corrected chi connectivity index (χ1v) is 10.4. The Balaban J connectivity index is 2.25. The van der Waals surface area contributed by atoms with Crippen molar-refractivity contribution in [3.63, 3.8) is 0 Å². The number of rotatable bonds is 4. The molecule has 1 aromatic heterocycles. The molecule has 20 heavy (non-hydrogen) atoms. The van der Waals surface area contributed by atoms with E-state index in [0.29, 0.717) is 23.3 Å². The molecule has 114 valence electrons. The standard InChI is InChI=1S/C11H18N2O4S3/c1-8-6-18-10(5-12)11(8)20(16,17)13-9-3-2-4-19(14,15)7-9/h6,9,13H,2-5,7,12H2,1H3. The van der Waals surface area contributed by atoms with Crippen LogP contribution in [0.25, 0.3) is 0 Å². The van der Waals surface area contributed by atoms with E-state index in [9.17, 15) is 16.8 Å². The highest BCUT2D eigenvalue weighted by molar-refractivity contribution is 7.91. The van der Waals surface area contributed by atoms with E-state index in [4.69, 9.17) is 5.73 Å². The van der Waals surface area contributed by atoms with Crippen molar-refractivity contribution in [1.82, 2.24) is 4.72 Å². The zero-order chi connectivity index (χ0) is 15.0. The van der Waals surface area contributed by atoms with Gasteiger partial charge in [-0.15, -0.1) is 11.3 Å². The predicted octanol–water partition coefficient (Wildman–Crippen LogP) is 0.371. The third-order valence-corrected chi connectivity index (χ3v) is 8.05. The van der Waals surface area contributed by atoms with Crippen LogP contribution >= 0.6 is 11.3 Å². The number of thiophene rings is 1. The fraction of sp³-hybridized carbons (Fsp3) is 0.636. The molecule has 0 aliphatic carbocycles. The quantitative estimate of drug-likeness (QED) is 0.825. The Bertz CT molecular complexity index is 691. The number of sulfonamides is 1. The Morgan fingerprint density at radius 3 is 2.80 bits per heavy atom. The Labute approximate surface area is 123 Å². The SMILES string of the molecule is Cc1csc(CN)c1S(=O)(=O)NC1CCCS(=O)(=O)C1. The molecule has 3 N–H and O–H groups in total. The molecule has 1 unspecified atom stereocenters. The molecule has 0 radical (unpaired) electrons. The lowest BCUT2D eigenvalue weighted by molar-refractivity contribution is 0.517. The van der Waals surface area contributed by atoms with E-state index in [-0.39, 0.29) is 22.9 Å². The van der Waals surface area contributed by atoms with Crippen LogP contribution in [-0.2, 0) is 26.4 Å². The van der Waals surface area contributed by atoms with Crippen LogP contribution in [-0.4, -0.2) is 34.4 Å². The summed E-state index contributed by atoms with van der Waals surface area (Å²) in [5.41, 5.74) is 6.20. The van der Waals surface area contributed by atoms with Gasteiger partial charge in [-0.25, -0.2) is 21.6 Å². The Hall–Kier alpha value is -0.480. The summed E-state index contributed by atoms with van der Waals surface area (Å²) in [6.45, 7) is 1.86. The van der Waals surface area contributed by atoms with E-state index in [1.807, 2.05) is 0 Å². The van der Waals surface area contributed by atoms with Crippen molar-refractivity contribution in [3.8, 4) is 0 Å². The molecule has 0 bridgehead atoms. The van der Waals surface area contributed by atoms with E-state index in [0.717, 1.165) is 0 Å². The minimum atomic E-state index is -3.72. The molecular weight excluding hydrogens is 320 g/mol. The number of hydrogen-bond acceptors (Lipinski definition) is 6. The molecule has 1 aromatic rings. The number of sulfone groups is 1. The first kappa shape index (κ1) is 15.9. The lowest BCUT2D eigenvalue weighted by Gasteiger charge is -2.23. The Morgan fingerprint density at radius 1 is 1.50 bits per heavy atom.